The van der Waals surface area contributed by atoms with E-state index in [0.717, 1.165) is 32.1 Å². The molecular weight excluding hydrogens is 320 g/mol. The molecule has 0 saturated carbocycles. The molecule has 0 heterocycles. The topological polar surface area (TPSA) is 26.3 Å². The van der Waals surface area contributed by atoms with Gasteiger partial charge in [0.25, 0.3) is 0 Å². The summed E-state index contributed by atoms with van der Waals surface area (Å²) in [5, 5.41) is 0. The van der Waals surface area contributed by atoms with Crippen LogP contribution >= 0.6 is 0 Å². The van der Waals surface area contributed by atoms with Crippen molar-refractivity contribution in [1.29, 1.82) is 0 Å². The van der Waals surface area contributed by atoms with Crippen LogP contribution in [0.2, 0.25) is 0 Å². The molecule has 0 rings (SSSR count). The van der Waals surface area contributed by atoms with Crippen molar-refractivity contribution in [1.82, 2.24) is 0 Å². The smallest absolute Gasteiger partial charge is 0.308 e. The maximum Gasteiger partial charge on any atom is 0.308 e. The first-order chi connectivity index (χ1) is 12.8. The molecular formula is C24H48O2. The van der Waals surface area contributed by atoms with Crippen molar-refractivity contribution in [2.45, 2.75) is 136 Å². The van der Waals surface area contributed by atoms with Gasteiger partial charge in [0.15, 0.2) is 0 Å². The fraction of sp³-hybridized carbons (Fsp3) is 0.958. The Balaban J connectivity index is 3.29. The lowest BCUT2D eigenvalue weighted by Crippen LogP contribution is -2.18. The number of rotatable bonds is 20. The second kappa shape index (κ2) is 20.8. The molecule has 156 valence electrons. The van der Waals surface area contributed by atoms with Crippen molar-refractivity contribution in [2.75, 3.05) is 6.61 Å². The predicted octanol–water partition coefficient (Wildman–Crippen LogP) is 8.23. The molecule has 0 aliphatic carbocycles. The van der Waals surface area contributed by atoms with E-state index in [4.69, 9.17) is 4.74 Å². The lowest BCUT2D eigenvalue weighted by atomic mass is 9.99. The van der Waals surface area contributed by atoms with Gasteiger partial charge in [0.1, 0.15) is 0 Å². The molecule has 0 spiro atoms. The summed E-state index contributed by atoms with van der Waals surface area (Å²) in [7, 11) is 0. The normalized spacial score (nSPS) is 11.2. The summed E-state index contributed by atoms with van der Waals surface area (Å²) in [4.78, 5) is 12.0. The molecule has 0 aromatic rings. The van der Waals surface area contributed by atoms with Gasteiger partial charge in [0.2, 0.25) is 0 Å². The summed E-state index contributed by atoms with van der Waals surface area (Å²) >= 11 is 0. The SMILES string of the molecule is CCCCCCCCCCCCCCCCOC(=O)C(CCC)CCC. The summed E-state index contributed by atoms with van der Waals surface area (Å²) in [5.41, 5.74) is 0. The molecule has 0 fully saturated rings. The van der Waals surface area contributed by atoms with Crippen LogP contribution in [0.4, 0.5) is 0 Å². The van der Waals surface area contributed by atoms with Gasteiger partial charge in [-0.3, -0.25) is 4.79 Å². The fourth-order valence-electron chi connectivity index (χ4n) is 3.66. The Morgan fingerprint density at radius 3 is 1.35 bits per heavy atom. The quantitative estimate of drug-likeness (QED) is 0.160. The standard InChI is InChI=1S/C24H48O2/c1-4-7-8-9-10-11-12-13-14-15-16-17-18-19-22-26-24(25)23(20-5-2)21-6-3/h23H,4-22H2,1-3H3. The number of hydrogen-bond donors (Lipinski definition) is 0. The van der Waals surface area contributed by atoms with Crippen LogP contribution < -0.4 is 0 Å². The van der Waals surface area contributed by atoms with Crippen LogP contribution in [0.15, 0.2) is 0 Å². The van der Waals surface area contributed by atoms with Gasteiger partial charge in [0, 0.05) is 0 Å². The zero-order valence-corrected chi connectivity index (χ0v) is 18.3. The van der Waals surface area contributed by atoms with Gasteiger partial charge in [-0.15, -0.1) is 0 Å². The fourth-order valence-corrected chi connectivity index (χ4v) is 3.66. The lowest BCUT2D eigenvalue weighted by molar-refractivity contribution is -0.149. The molecule has 0 radical (unpaired) electrons. The highest BCUT2D eigenvalue weighted by molar-refractivity contribution is 5.72. The van der Waals surface area contributed by atoms with Crippen molar-refractivity contribution in [3.8, 4) is 0 Å². The summed E-state index contributed by atoms with van der Waals surface area (Å²) in [5.74, 6) is 0.181. The zero-order chi connectivity index (χ0) is 19.3. The first kappa shape index (κ1) is 25.5. The highest BCUT2D eigenvalue weighted by Crippen LogP contribution is 2.16. The summed E-state index contributed by atoms with van der Waals surface area (Å²) in [6.07, 6.45) is 23.1. The second-order valence-electron chi connectivity index (χ2n) is 8.04. The molecule has 0 atom stereocenters. The molecule has 2 heteroatoms. The molecule has 26 heavy (non-hydrogen) atoms. The third-order valence-electron chi connectivity index (χ3n) is 5.35. The maximum atomic E-state index is 12.0. The Morgan fingerprint density at radius 2 is 0.962 bits per heavy atom. The van der Waals surface area contributed by atoms with E-state index >= 15 is 0 Å². The van der Waals surface area contributed by atoms with E-state index in [1.54, 1.807) is 0 Å². The van der Waals surface area contributed by atoms with Crippen LogP contribution in [0.1, 0.15) is 136 Å². The zero-order valence-electron chi connectivity index (χ0n) is 18.3. The summed E-state index contributed by atoms with van der Waals surface area (Å²) in [6.45, 7) is 7.19. The number of ether oxygens (including phenoxy) is 1. The summed E-state index contributed by atoms with van der Waals surface area (Å²) in [6, 6.07) is 0. The molecule has 0 unspecified atom stereocenters. The van der Waals surface area contributed by atoms with E-state index in [1.807, 2.05) is 0 Å². The van der Waals surface area contributed by atoms with Gasteiger partial charge in [-0.2, -0.15) is 0 Å². The van der Waals surface area contributed by atoms with Crippen molar-refractivity contribution < 1.29 is 9.53 Å². The largest absolute Gasteiger partial charge is 0.465 e. The number of carbonyl (C=O) groups is 1. The highest BCUT2D eigenvalue weighted by atomic mass is 16.5. The van der Waals surface area contributed by atoms with Crippen molar-refractivity contribution in [3.05, 3.63) is 0 Å². The van der Waals surface area contributed by atoms with Crippen molar-refractivity contribution in [2.24, 2.45) is 5.92 Å². The first-order valence-corrected chi connectivity index (χ1v) is 11.9. The van der Waals surface area contributed by atoms with Crippen LogP contribution in [0.25, 0.3) is 0 Å². The van der Waals surface area contributed by atoms with Crippen LogP contribution in [0.5, 0.6) is 0 Å². The Labute approximate surface area is 164 Å². The summed E-state index contributed by atoms with van der Waals surface area (Å²) < 4.78 is 5.48. The maximum absolute atomic E-state index is 12.0. The van der Waals surface area contributed by atoms with E-state index in [0.29, 0.717) is 6.61 Å². The monoisotopic (exact) mass is 368 g/mol. The van der Waals surface area contributed by atoms with Crippen molar-refractivity contribution in [3.63, 3.8) is 0 Å². The average Bonchev–Trinajstić information content (AvgIpc) is 2.64. The van der Waals surface area contributed by atoms with Gasteiger partial charge >= 0.3 is 5.97 Å². The minimum Gasteiger partial charge on any atom is -0.465 e. The number of unbranched alkanes of at least 4 members (excludes halogenated alkanes) is 13. The van der Waals surface area contributed by atoms with E-state index in [2.05, 4.69) is 20.8 Å². The Hall–Kier alpha value is -0.530. The Kier molecular flexibility index (Phi) is 20.4. The number of esters is 1. The first-order valence-electron chi connectivity index (χ1n) is 11.9. The van der Waals surface area contributed by atoms with Gasteiger partial charge in [-0.05, 0) is 19.3 Å². The third kappa shape index (κ3) is 16.9. The molecule has 0 saturated heterocycles. The van der Waals surface area contributed by atoms with Gasteiger partial charge in [-0.1, -0.05) is 117 Å². The van der Waals surface area contributed by atoms with Crippen LogP contribution in [-0.2, 0) is 9.53 Å². The predicted molar refractivity (Wildman–Crippen MR) is 115 cm³/mol. The van der Waals surface area contributed by atoms with E-state index in [9.17, 15) is 4.79 Å². The molecule has 0 bridgehead atoms. The minimum atomic E-state index is 0.0448. The molecule has 0 aliphatic rings. The van der Waals surface area contributed by atoms with Crippen molar-refractivity contribution >= 4 is 5.97 Å². The van der Waals surface area contributed by atoms with E-state index < -0.39 is 0 Å². The molecule has 0 N–H and O–H groups in total. The molecule has 0 aliphatic heterocycles. The molecule has 0 aromatic carbocycles. The lowest BCUT2D eigenvalue weighted by Gasteiger charge is -2.14. The van der Waals surface area contributed by atoms with Crippen LogP contribution in [-0.4, -0.2) is 12.6 Å². The van der Waals surface area contributed by atoms with Gasteiger partial charge in [-0.25, -0.2) is 0 Å². The van der Waals surface area contributed by atoms with Gasteiger partial charge in [0.05, 0.1) is 12.5 Å². The Bertz CT molecular complexity index is 282. The Morgan fingerprint density at radius 1 is 0.577 bits per heavy atom. The average molecular weight is 369 g/mol. The highest BCUT2D eigenvalue weighted by Gasteiger charge is 2.17. The van der Waals surface area contributed by atoms with E-state index in [1.165, 1.54) is 83.5 Å². The second-order valence-corrected chi connectivity index (χ2v) is 8.04. The van der Waals surface area contributed by atoms with Crippen LogP contribution in [0, 0.1) is 5.92 Å². The van der Waals surface area contributed by atoms with Crippen LogP contribution in [0.3, 0.4) is 0 Å². The molecule has 2 nitrogen and oxygen atoms in total. The number of carbonyl (C=O) groups excluding carboxylic acids is 1. The van der Waals surface area contributed by atoms with E-state index in [-0.39, 0.29) is 11.9 Å². The molecule has 0 amide bonds. The van der Waals surface area contributed by atoms with Gasteiger partial charge < -0.3 is 4.74 Å². The minimum absolute atomic E-state index is 0.0448. The molecule has 0 aromatic heterocycles. The number of hydrogen-bond acceptors (Lipinski definition) is 2. The third-order valence-corrected chi connectivity index (χ3v) is 5.35.